The first kappa shape index (κ1) is 17.6. The molecule has 0 aliphatic rings. The van der Waals surface area contributed by atoms with Gasteiger partial charge in [-0.05, 0) is 38.5 Å². The summed E-state index contributed by atoms with van der Waals surface area (Å²) in [5.74, 6) is 0. The third kappa shape index (κ3) is 4.06. The fourth-order valence-corrected chi connectivity index (χ4v) is 3.11. The van der Waals surface area contributed by atoms with E-state index in [4.69, 9.17) is 9.47 Å². The van der Waals surface area contributed by atoms with Crippen LogP contribution < -0.4 is 0 Å². The molecule has 5 nitrogen and oxygen atoms in total. The van der Waals surface area contributed by atoms with Gasteiger partial charge in [-0.3, -0.25) is 0 Å². The fraction of sp³-hybridized carbons (Fsp3) is 0.400. The zero-order chi connectivity index (χ0) is 17.6. The smallest absolute Gasteiger partial charge is 0.159 e. The van der Waals surface area contributed by atoms with Gasteiger partial charge in [0.05, 0.1) is 11.6 Å². The van der Waals surface area contributed by atoms with Gasteiger partial charge in [-0.1, -0.05) is 47.2 Å². The molecule has 1 heterocycles. The second-order valence-electron chi connectivity index (χ2n) is 6.03. The summed E-state index contributed by atoms with van der Waals surface area (Å²) >= 11 is 0. The van der Waals surface area contributed by atoms with Gasteiger partial charge in [0.1, 0.15) is 5.52 Å². The maximum Gasteiger partial charge on any atom is 0.159 e. The second kappa shape index (κ2) is 8.23. The molecule has 0 bridgehead atoms. The zero-order valence-electron chi connectivity index (χ0n) is 15.1. The van der Waals surface area contributed by atoms with Crippen LogP contribution in [0, 0.1) is 6.92 Å². The van der Waals surface area contributed by atoms with E-state index in [1.807, 2.05) is 36.7 Å². The molecule has 3 aromatic rings. The molecule has 1 aromatic heterocycles. The molecule has 25 heavy (non-hydrogen) atoms. The molecule has 1 atom stereocenters. The van der Waals surface area contributed by atoms with Gasteiger partial charge in [0, 0.05) is 19.6 Å². The Morgan fingerprint density at radius 1 is 1.00 bits per heavy atom. The molecule has 5 heteroatoms. The summed E-state index contributed by atoms with van der Waals surface area (Å²) in [6, 6.07) is 16.5. The zero-order valence-corrected chi connectivity index (χ0v) is 15.1. The molecule has 0 amide bonds. The lowest BCUT2D eigenvalue weighted by molar-refractivity contribution is -0.143. The maximum absolute atomic E-state index is 5.79. The van der Waals surface area contributed by atoms with Crippen molar-refractivity contribution in [2.75, 3.05) is 13.2 Å². The normalized spacial score (nSPS) is 12.8. The summed E-state index contributed by atoms with van der Waals surface area (Å²) in [6.07, 6.45) is 0.404. The standard InChI is InChI=1S/C20H25N3O2/c1-4-24-20(25-5-2)14-19(16-10-8-9-15(3)13-16)23-18-12-7-6-11-17(18)21-22-23/h6-13,19-20H,4-5,14H2,1-3H3. The largest absolute Gasteiger partial charge is 0.353 e. The number of rotatable bonds is 8. The van der Waals surface area contributed by atoms with Gasteiger partial charge in [-0.2, -0.15) is 0 Å². The van der Waals surface area contributed by atoms with E-state index < -0.39 is 0 Å². The fourth-order valence-electron chi connectivity index (χ4n) is 3.11. The number of para-hydroxylation sites is 1. The van der Waals surface area contributed by atoms with Crippen LogP contribution in [-0.4, -0.2) is 34.5 Å². The molecule has 0 saturated carbocycles. The van der Waals surface area contributed by atoms with E-state index in [-0.39, 0.29) is 12.3 Å². The number of hydrogen-bond acceptors (Lipinski definition) is 4. The third-order valence-corrected chi connectivity index (χ3v) is 4.22. The Morgan fingerprint density at radius 2 is 1.76 bits per heavy atom. The Kier molecular flexibility index (Phi) is 5.79. The van der Waals surface area contributed by atoms with Gasteiger partial charge < -0.3 is 9.47 Å². The van der Waals surface area contributed by atoms with E-state index in [0.717, 1.165) is 11.0 Å². The highest BCUT2D eigenvalue weighted by Gasteiger charge is 2.23. The average Bonchev–Trinajstić information content (AvgIpc) is 3.04. The van der Waals surface area contributed by atoms with Crippen molar-refractivity contribution >= 4 is 11.0 Å². The highest BCUT2D eigenvalue weighted by Crippen LogP contribution is 2.28. The molecule has 3 rings (SSSR count). The van der Waals surface area contributed by atoms with Crippen molar-refractivity contribution in [3.8, 4) is 0 Å². The highest BCUT2D eigenvalue weighted by molar-refractivity contribution is 5.74. The molecular formula is C20H25N3O2. The van der Waals surface area contributed by atoms with Crippen molar-refractivity contribution in [1.29, 1.82) is 0 Å². The van der Waals surface area contributed by atoms with Crippen LogP contribution in [0.1, 0.15) is 37.4 Å². The van der Waals surface area contributed by atoms with Crippen molar-refractivity contribution in [2.45, 2.75) is 39.5 Å². The van der Waals surface area contributed by atoms with Gasteiger partial charge >= 0.3 is 0 Å². The number of benzene rings is 2. The van der Waals surface area contributed by atoms with Crippen LogP contribution in [0.3, 0.4) is 0 Å². The predicted molar refractivity (Wildman–Crippen MR) is 98.5 cm³/mol. The minimum absolute atomic E-state index is 0.00426. The van der Waals surface area contributed by atoms with Crippen LogP contribution in [0.4, 0.5) is 0 Å². The Labute approximate surface area is 148 Å². The first-order valence-electron chi connectivity index (χ1n) is 8.82. The minimum atomic E-state index is -0.275. The summed E-state index contributed by atoms with van der Waals surface area (Å²) < 4.78 is 13.6. The second-order valence-corrected chi connectivity index (χ2v) is 6.03. The molecule has 0 fully saturated rings. The number of nitrogens with zero attached hydrogens (tertiary/aromatic N) is 3. The van der Waals surface area contributed by atoms with E-state index in [1.54, 1.807) is 0 Å². The lowest BCUT2D eigenvalue weighted by Gasteiger charge is -2.24. The van der Waals surface area contributed by atoms with Crippen LogP contribution in [0.25, 0.3) is 11.0 Å². The van der Waals surface area contributed by atoms with Crippen LogP contribution in [-0.2, 0) is 9.47 Å². The molecule has 132 valence electrons. The number of ether oxygens (including phenoxy) is 2. The molecule has 0 aliphatic heterocycles. The van der Waals surface area contributed by atoms with Gasteiger partial charge in [0.25, 0.3) is 0 Å². The van der Waals surface area contributed by atoms with Gasteiger partial charge in [0.15, 0.2) is 6.29 Å². The topological polar surface area (TPSA) is 49.2 Å². The van der Waals surface area contributed by atoms with Crippen molar-refractivity contribution < 1.29 is 9.47 Å². The van der Waals surface area contributed by atoms with Gasteiger partial charge in [0.2, 0.25) is 0 Å². The summed E-state index contributed by atoms with van der Waals surface area (Å²) in [6.45, 7) is 7.30. The summed E-state index contributed by atoms with van der Waals surface area (Å²) in [4.78, 5) is 0. The van der Waals surface area contributed by atoms with Crippen molar-refractivity contribution in [3.05, 3.63) is 59.7 Å². The summed E-state index contributed by atoms with van der Waals surface area (Å²) in [5.41, 5.74) is 4.31. The molecule has 0 spiro atoms. The summed E-state index contributed by atoms with van der Waals surface area (Å²) in [5, 5.41) is 8.75. The third-order valence-electron chi connectivity index (χ3n) is 4.22. The Hall–Kier alpha value is -2.24. The summed E-state index contributed by atoms with van der Waals surface area (Å²) in [7, 11) is 0. The van der Waals surface area contributed by atoms with E-state index in [2.05, 4.69) is 47.6 Å². The number of aryl methyl sites for hydroxylation is 1. The minimum Gasteiger partial charge on any atom is -0.353 e. The quantitative estimate of drug-likeness (QED) is 0.579. The van der Waals surface area contributed by atoms with Gasteiger partial charge in [-0.25, -0.2) is 4.68 Å². The molecule has 0 saturated heterocycles. The monoisotopic (exact) mass is 339 g/mol. The highest BCUT2D eigenvalue weighted by atomic mass is 16.7. The van der Waals surface area contributed by atoms with E-state index in [0.29, 0.717) is 19.6 Å². The number of fused-ring (bicyclic) bond motifs is 1. The van der Waals surface area contributed by atoms with E-state index >= 15 is 0 Å². The Bertz CT molecular complexity index is 809. The predicted octanol–water partition coefficient (Wildman–Crippen LogP) is 4.12. The lowest BCUT2D eigenvalue weighted by Crippen LogP contribution is -2.24. The molecule has 0 N–H and O–H groups in total. The molecule has 0 radical (unpaired) electrons. The van der Waals surface area contributed by atoms with Crippen LogP contribution in [0.2, 0.25) is 0 Å². The number of hydrogen-bond donors (Lipinski definition) is 0. The SMILES string of the molecule is CCOC(CC(c1cccc(C)c1)n1nnc2ccccc21)OCC. The van der Waals surface area contributed by atoms with E-state index in [1.165, 1.54) is 11.1 Å². The maximum atomic E-state index is 5.79. The molecule has 1 unspecified atom stereocenters. The lowest BCUT2D eigenvalue weighted by atomic mass is 10.0. The van der Waals surface area contributed by atoms with Crippen molar-refractivity contribution in [3.63, 3.8) is 0 Å². The van der Waals surface area contributed by atoms with Crippen LogP contribution in [0.5, 0.6) is 0 Å². The van der Waals surface area contributed by atoms with Crippen LogP contribution >= 0.6 is 0 Å². The van der Waals surface area contributed by atoms with Crippen LogP contribution in [0.15, 0.2) is 48.5 Å². The number of aromatic nitrogens is 3. The Morgan fingerprint density at radius 3 is 2.48 bits per heavy atom. The van der Waals surface area contributed by atoms with Gasteiger partial charge in [-0.15, -0.1) is 5.10 Å². The first-order chi connectivity index (χ1) is 12.2. The average molecular weight is 339 g/mol. The first-order valence-corrected chi connectivity index (χ1v) is 8.82. The van der Waals surface area contributed by atoms with Crippen molar-refractivity contribution in [1.82, 2.24) is 15.0 Å². The molecule has 0 aliphatic carbocycles. The molecular weight excluding hydrogens is 314 g/mol. The van der Waals surface area contributed by atoms with Crippen molar-refractivity contribution in [2.24, 2.45) is 0 Å². The Balaban J connectivity index is 2.02. The van der Waals surface area contributed by atoms with E-state index in [9.17, 15) is 0 Å². The molecule has 2 aromatic carbocycles.